The molecule has 0 atom stereocenters. The van der Waals surface area contributed by atoms with Crippen LogP contribution in [-0.4, -0.2) is 11.7 Å². The van der Waals surface area contributed by atoms with Crippen LogP contribution in [0.3, 0.4) is 0 Å². The van der Waals surface area contributed by atoms with E-state index in [1.54, 1.807) is 0 Å². The number of unbranched alkanes of at least 4 members (excludes halogenated alkanes) is 2. The number of hydrogen-bond acceptors (Lipinski definition) is 1. The summed E-state index contributed by atoms with van der Waals surface area (Å²) in [5, 5.41) is 8.79. The third kappa shape index (κ3) is 5.55. The summed E-state index contributed by atoms with van der Waals surface area (Å²) in [4.78, 5) is 0. The van der Waals surface area contributed by atoms with E-state index in [-0.39, 0.29) is 0 Å². The van der Waals surface area contributed by atoms with E-state index in [9.17, 15) is 0 Å². The first-order valence-electron chi connectivity index (χ1n) is 6.97. The highest BCUT2D eigenvalue weighted by Crippen LogP contribution is 2.33. The average Bonchev–Trinajstić information content (AvgIpc) is 2.28. The zero-order valence-electron chi connectivity index (χ0n) is 10.4. The summed E-state index contributed by atoms with van der Waals surface area (Å²) in [7, 11) is 0. The van der Waals surface area contributed by atoms with Crippen LogP contribution in [0.5, 0.6) is 0 Å². The van der Waals surface area contributed by atoms with Gasteiger partial charge in [0.15, 0.2) is 0 Å². The third-order valence-corrected chi connectivity index (χ3v) is 3.95. The number of aliphatic hydroxyl groups is 1. The highest BCUT2D eigenvalue weighted by Gasteiger charge is 2.20. The molecule has 1 aliphatic carbocycles. The van der Waals surface area contributed by atoms with Crippen LogP contribution < -0.4 is 0 Å². The number of aliphatic hydroxyl groups excluding tert-OH is 1. The van der Waals surface area contributed by atoms with Crippen LogP contribution in [0.25, 0.3) is 0 Å². The molecule has 15 heavy (non-hydrogen) atoms. The monoisotopic (exact) mass is 212 g/mol. The maximum Gasteiger partial charge on any atom is 0.0431 e. The highest BCUT2D eigenvalue weighted by molar-refractivity contribution is 4.72. The molecule has 0 radical (unpaired) electrons. The van der Waals surface area contributed by atoms with Crippen molar-refractivity contribution >= 4 is 0 Å². The molecular weight excluding hydrogens is 184 g/mol. The largest absolute Gasteiger partial charge is 0.396 e. The number of rotatable bonds is 7. The van der Waals surface area contributed by atoms with Crippen molar-refractivity contribution in [1.29, 1.82) is 0 Å². The van der Waals surface area contributed by atoms with E-state index in [4.69, 9.17) is 5.11 Å². The molecule has 1 aliphatic rings. The summed E-state index contributed by atoms with van der Waals surface area (Å²) in [6.45, 7) is 2.67. The normalized spacial score (nSPS) is 26.8. The van der Waals surface area contributed by atoms with Crippen molar-refractivity contribution in [3.63, 3.8) is 0 Å². The Hall–Kier alpha value is -0.0400. The quantitative estimate of drug-likeness (QED) is 0.629. The van der Waals surface area contributed by atoms with Gasteiger partial charge in [-0.1, -0.05) is 58.3 Å². The molecule has 1 fully saturated rings. The Balaban J connectivity index is 2.02. The lowest BCUT2D eigenvalue weighted by Gasteiger charge is -2.28. The Labute approximate surface area is 95.3 Å². The summed E-state index contributed by atoms with van der Waals surface area (Å²) in [5.74, 6) is 1.96. The molecular formula is C14H28O. The summed E-state index contributed by atoms with van der Waals surface area (Å²) in [5.41, 5.74) is 0. The first-order valence-corrected chi connectivity index (χ1v) is 6.97. The Kier molecular flexibility index (Phi) is 7.08. The van der Waals surface area contributed by atoms with Gasteiger partial charge in [0.1, 0.15) is 0 Å². The zero-order valence-corrected chi connectivity index (χ0v) is 10.4. The molecule has 0 aromatic carbocycles. The predicted octanol–water partition coefficient (Wildman–Crippen LogP) is 4.15. The van der Waals surface area contributed by atoms with Gasteiger partial charge in [0, 0.05) is 6.61 Å². The third-order valence-electron chi connectivity index (χ3n) is 3.95. The predicted molar refractivity (Wildman–Crippen MR) is 65.9 cm³/mol. The van der Waals surface area contributed by atoms with Gasteiger partial charge in [-0.05, 0) is 24.7 Å². The fourth-order valence-corrected chi connectivity index (χ4v) is 2.87. The molecule has 0 aliphatic heterocycles. The van der Waals surface area contributed by atoms with Crippen LogP contribution in [0.15, 0.2) is 0 Å². The molecule has 1 saturated carbocycles. The number of hydrogen-bond donors (Lipinski definition) is 1. The topological polar surface area (TPSA) is 20.2 Å². The second-order valence-electron chi connectivity index (χ2n) is 5.25. The summed E-state index contributed by atoms with van der Waals surface area (Å²) >= 11 is 0. The highest BCUT2D eigenvalue weighted by atomic mass is 16.2. The Bertz CT molecular complexity index is 136. The van der Waals surface area contributed by atoms with Crippen molar-refractivity contribution in [2.75, 3.05) is 6.61 Å². The van der Waals surface area contributed by atoms with E-state index in [2.05, 4.69) is 6.92 Å². The fourth-order valence-electron chi connectivity index (χ4n) is 2.87. The molecule has 1 heteroatoms. The maximum absolute atomic E-state index is 8.79. The van der Waals surface area contributed by atoms with Crippen LogP contribution in [0.1, 0.15) is 71.1 Å². The molecule has 1 rings (SSSR count). The molecule has 0 heterocycles. The molecule has 1 N–H and O–H groups in total. The summed E-state index contributed by atoms with van der Waals surface area (Å²) in [6, 6.07) is 0. The lowest BCUT2D eigenvalue weighted by atomic mass is 9.78. The smallest absolute Gasteiger partial charge is 0.0431 e. The second-order valence-corrected chi connectivity index (χ2v) is 5.25. The standard InChI is InChI=1S/C14H28O/c1-2-3-4-6-13-8-10-14(11-9-13)7-5-12-15/h13-15H,2-12H2,1H3/t13-,14-. The zero-order chi connectivity index (χ0) is 10.9. The average molecular weight is 212 g/mol. The molecule has 0 aromatic rings. The van der Waals surface area contributed by atoms with E-state index in [1.165, 1.54) is 57.8 Å². The van der Waals surface area contributed by atoms with E-state index >= 15 is 0 Å². The van der Waals surface area contributed by atoms with Gasteiger partial charge >= 0.3 is 0 Å². The van der Waals surface area contributed by atoms with E-state index in [0.717, 1.165) is 18.3 Å². The van der Waals surface area contributed by atoms with Crippen molar-refractivity contribution in [2.24, 2.45) is 11.8 Å². The van der Waals surface area contributed by atoms with Crippen molar-refractivity contribution in [3.8, 4) is 0 Å². The summed E-state index contributed by atoms with van der Waals surface area (Å²) in [6.07, 6.45) is 13.7. The van der Waals surface area contributed by atoms with E-state index < -0.39 is 0 Å². The van der Waals surface area contributed by atoms with Gasteiger partial charge in [-0.3, -0.25) is 0 Å². The summed E-state index contributed by atoms with van der Waals surface area (Å²) < 4.78 is 0. The van der Waals surface area contributed by atoms with Crippen LogP contribution in [0, 0.1) is 11.8 Å². The minimum Gasteiger partial charge on any atom is -0.396 e. The van der Waals surface area contributed by atoms with E-state index in [1.807, 2.05) is 0 Å². The van der Waals surface area contributed by atoms with Crippen LogP contribution in [-0.2, 0) is 0 Å². The molecule has 90 valence electrons. The van der Waals surface area contributed by atoms with E-state index in [0.29, 0.717) is 6.61 Å². The molecule has 1 nitrogen and oxygen atoms in total. The van der Waals surface area contributed by atoms with Crippen molar-refractivity contribution < 1.29 is 5.11 Å². The van der Waals surface area contributed by atoms with Gasteiger partial charge in [0.2, 0.25) is 0 Å². The van der Waals surface area contributed by atoms with Crippen molar-refractivity contribution in [3.05, 3.63) is 0 Å². The first-order chi connectivity index (χ1) is 7.36. The van der Waals surface area contributed by atoms with Gasteiger partial charge in [0.05, 0.1) is 0 Å². The van der Waals surface area contributed by atoms with Gasteiger partial charge in [-0.25, -0.2) is 0 Å². The van der Waals surface area contributed by atoms with Crippen LogP contribution >= 0.6 is 0 Å². The lowest BCUT2D eigenvalue weighted by molar-refractivity contribution is 0.221. The minimum absolute atomic E-state index is 0.385. The SMILES string of the molecule is CCCCC[C@H]1CC[C@H](CCCO)CC1. The molecule has 0 saturated heterocycles. The van der Waals surface area contributed by atoms with Gasteiger partial charge in [-0.15, -0.1) is 0 Å². The van der Waals surface area contributed by atoms with Gasteiger partial charge < -0.3 is 5.11 Å². The Morgan fingerprint density at radius 2 is 1.40 bits per heavy atom. The van der Waals surface area contributed by atoms with Gasteiger partial charge in [-0.2, -0.15) is 0 Å². The maximum atomic E-state index is 8.79. The van der Waals surface area contributed by atoms with Crippen LogP contribution in [0.2, 0.25) is 0 Å². The molecule has 0 bridgehead atoms. The fraction of sp³-hybridized carbons (Fsp3) is 1.00. The minimum atomic E-state index is 0.385. The Morgan fingerprint density at radius 1 is 0.867 bits per heavy atom. The van der Waals surface area contributed by atoms with Crippen LogP contribution in [0.4, 0.5) is 0 Å². The van der Waals surface area contributed by atoms with Crippen molar-refractivity contribution in [2.45, 2.75) is 71.1 Å². The first kappa shape index (κ1) is 13.0. The molecule has 0 aromatic heterocycles. The van der Waals surface area contributed by atoms with Gasteiger partial charge in [0.25, 0.3) is 0 Å². The van der Waals surface area contributed by atoms with Crippen molar-refractivity contribution in [1.82, 2.24) is 0 Å². The Morgan fingerprint density at radius 3 is 1.87 bits per heavy atom. The molecule has 0 spiro atoms. The molecule has 0 unspecified atom stereocenters. The lowest BCUT2D eigenvalue weighted by Crippen LogP contribution is -2.14. The second kappa shape index (κ2) is 8.15. The molecule has 0 amide bonds.